The molecule has 50 heavy (non-hydrogen) atoms. The van der Waals surface area contributed by atoms with E-state index in [-0.39, 0.29) is 19.5 Å². The van der Waals surface area contributed by atoms with Gasteiger partial charge in [0.15, 0.2) is 5.60 Å². The van der Waals surface area contributed by atoms with Gasteiger partial charge in [-0.1, -0.05) is 106 Å². The lowest BCUT2D eigenvalue weighted by molar-refractivity contribution is -0.954. The van der Waals surface area contributed by atoms with Crippen LogP contribution in [0.5, 0.6) is 0 Å². The number of aliphatic hydroxyl groups excluding tert-OH is 1. The van der Waals surface area contributed by atoms with E-state index in [0.717, 1.165) is 27.8 Å². The van der Waals surface area contributed by atoms with Crippen LogP contribution in [-0.2, 0) is 33.7 Å². The number of rotatable bonds is 12. The summed E-state index contributed by atoms with van der Waals surface area (Å²) in [6.07, 6.45) is 2.17. The summed E-state index contributed by atoms with van der Waals surface area (Å²) in [5.41, 5.74) is 5.38. The maximum atomic E-state index is 14.3. The van der Waals surface area contributed by atoms with Crippen molar-refractivity contribution in [3.05, 3.63) is 126 Å². The van der Waals surface area contributed by atoms with E-state index < -0.39 is 47.1 Å². The summed E-state index contributed by atoms with van der Waals surface area (Å²) in [5.74, 6) is -1.20. The first-order chi connectivity index (χ1) is 23.9. The van der Waals surface area contributed by atoms with Crippen LogP contribution in [0.25, 0.3) is 11.1 Å². The summed E-state index contributed by atoms with van der Waals surface area (Å²) >= 11 is 0. The van der Waals surface area contributed by atoms with Crippen LogP contribution in [0.4, 0.5) is 4.79 Å². The van der Waals surface area contributed by atoms with Crippen molar-refractivity contribution in [3.63, 3.8) is 0 Å². The molecule has 0 spiro atoms. The Hall–Kier alpha value is -5.10. The molecular weight excluding hydrogens is 634 g/mol. The van der Waals surface area contributed by atoms with E-state index in [9.17, 15) is 24.6 Å². The number of amides is 3. The molecule has 0 saturated heterocycles. The van der Waals surface area contributed by atoms with E-state index >= 15 is 0 Å². The molecule has 4 aromatic rings. The van der Waals surface area contributed by atoms with Crippen molar-refractivity contribution in [2.24, 2.45) is 5.41 Å². The number of hydrogen-bond acceptors (Lipinski definition) is 7. The normalized spacial score (nSPS) is 17.8. The predicted molar refractivity (Wildman–Crippen MR) is 188 cm³/mol. The fourth-order valence-corrected chi connectivity index (χ4v) is 6.38. The highest BCUT2D eigenvalue weighted by Gasteiger charge is 2.45. The Morgan fingerprint density at radius 3 is 2.28 bits per heavy atom. The molecule has 6 N–H and O–H groups in total. The quantitative estimate of drug-likeness (QED) is 0.126. The zero-order chi connectivity index (χ0) is 35.9. The van der Waals surface area contributed by atoms with Gasteiger partial charge >= 0.3 is 6.09 Å². The summed E-state index contributed by atoms with van der Waals surface area (Å²) in [7, 11) is 1.22. The van der Waals surface area contributed by atoms with Crippen molar-refractivity contribution in [1.29, 1.82) is 0 Å². The standard InChI is InChI=1S/C39H45N5O6/c1-38(2,3)34(42-37(48)50-4)35(46)43-44(24-27-16-18-28(19-17-27)30-14-10-20-40-23-30)25-39(49,22-26-11-6-5-7-12-26)36(47)41-33-31-15-9-8-13-29(31)21-32(33)45/h5-20,23,32-34,45,49H,21-22,24-25H2,1-4H3,(H,41,47)(H,42,48)(H,43,46)/p+1/t32-,33+,34-,39+/m1/s1. The number of carbonyl (C=O) groups excluding carboxylic acids is 3. The average molecular weight is 681 g/mol. The Labute approximate surface area is 292 Å². The van der Waals surface area contributed by atoms with Crippen molar-refractivity contribution in [2.45, 2.75) is 63.9 Å². The van der Waals surface area contributed by atoms with E-state index in [2.05, 4.69) is 21.0 Å². The van der Waals surface area contributed by atoms with Crippen LogP contribution in [0.3, 0.4) is 0 Å². The average Bonchev–Trinajstić information content (AvgIpc) is 3.41. The number of alkyl carbamates (subject to hydrolysis) is 1. The number of carbonyl (C=O) groups is 3. The fraction of sp³-hybridized carbons (Fsp3) is 0.333. The van der Waals surface area contributed by atoms with Crippen LogP contribution in [0.2, 0.25) is 0 Å². The number of nitrogens with zero attached hydrogens (tertiary/aromatic N) is 1. The second-order valence-corrected chi connectivity index (χ2v) is 13.9. The summed E-state index contributed by atoms with van der Waals surface area (Å²) in [6.45, 7) is 5.38. The number of hydrogen-bond donors (Lipinski definition) is 6. The minimum absolute atomic E-state index is 0.0629. The number of benzene rings is 3. The predicted octanol–water partition coefficient (Wildman–Crippen LogP) is 2.68. The van der Waals surface area contributed by atoms with Crippen molar-refractivity contribution >= 4 is 17.9 Å². The first-order valence-corrected chi connectivity index (χ1v) is 16.7. The van der Waals surface area contributed by atoms with Gasteiger partial charge in [0.05, 0.1) is 19.3 Å². The summed E-state index contributed by atoms with van der Waals surface area (Å²) in [4.78, 5) is 44.6. The molecule has 11 heteroatoms. The highest BCUT2D eigenvalue weighted by molar-refractivity contribution is 5.87. The van der Waals surface area contributed by atoms with E-state index in [1.54, 1.807) is 12.4 Å². The highest BCUT2D eigenvalue weighted by Crippen LogP contribution is 2.32. The molecule has 0 radical (unpaired) electrons. The van der Waals surface area contributed by atoms with Gasteiger partial charge in [0, 0.05) is 30.8 Å². The first kappa shape index (κ1) is 36.2. The van der Waals surface area contributed by atoms with Gasteiger partial charge in [-0.05, 0) is 39.3 Å². The monoisotopic (exact) mass is 680 g/mol. The number of aliphatic hydroxyl groups is 2. The van der Waals surface area contributed by atoms with Crippen LogP contribution >= 0.6 is 0 Å². The van der Waals surface area contributed by atoms with Crippen molar-refractivity contribution in [2.75, 3.05) is 13.7 Å². The number of pyridine rings is 1. The van der Waals surface area contributed by atoms with Gasteiger partial charge in [0.25, 0.3) is 11.8 Å². The largest absolute Gasteiger partial charge is 0.453 e. The molecule has 262 valence electrons. The number of aromatic nitrogens is 1. The highest BCUT2D eigenvalue weighted by atomic mass is 16.5. The molecule has 11 nitrogen and oxygen atoms in total. The van der Waals surface area contributed by atoms with Crippen molar-refractivity contribution in [3.8, 4) is 11.1 Å². The van der Waals surface area contributed by atoms with Crippen LogP contribution in [0, 0.1) is 5.41 Å². The first-order valence-electron chi connectivity index (χ1n) is 16.7. The van der Waals surface area contributed by atoms with Crippen molar-refractivity contribution in [1.82, 2.24) is 21.0 Å². The molecule has 0 bridgehead atoms. The molecule has 0 aliphatic heterocycles. The Morgan fingerprint density at radius 1 is 0.920 bits per heavy atom. The molecule has 3 amide bonds. The molecule has 3 aromatic carbocycles. The molecule has 1 aliphatic carbocycles. The van der Waals surface area contributed by atoms with E-state index in [1.165, 1.54) is 7.11 Å². The molecule has 1 aromatic heterocycles. The second-order valence-electron chi connectivity index (χ2n) is 13.9. The molecule has 5 rings (SSSR count). The van der Waals surface area contributed by atoms with Gasteiger partial charge in [-0.15, -0.1) is 0 Å². The summed E-state index contributed by atoms with van der Waals surface area (Å²) in [6, 6.07) is 26.5. The zero-order valence-corrected chi connectivity index (χ0v) is 28.9. The lowest BCUT2D eigenvalue weighted by atomic mass is 9.86. The molecule has 1 heterocycles. The van der Waals surface area contributed by atoms with Gasteiger partial charge in [0.2, 0.25) is 0 Å². The van der Waals surface area contributed by atoms with Crippen molar-refractivity contribution < 1.29 is 34.3 Å². The number of nitrogens with one attached hydrogen (secondary N) is 4. The number of ether oxygens (including phenoxy) is 1. The van der Waals surface area contributed by atoms with Crippen LogP contribution in [0.1, 0.15) is 49.1 Å². The molecule has 1 aliphatic rings. The third kappa shape index (κ3) is 8.92. The minimum Gasteiger partial charge on any atom is -0.453 e. The third-order valence-electron chi connectivity index (χ3n) is 9.00. The third-order valence-corrected chi connectivity index (χ3v) is 9.00. The summed E-state index contributed by atoms with van der Waals surface area (Å²) < 4.78 is 4.80. The van der Waals surface area contributed by atoms with Crippen LogP contribution in [0.15, 0.2) is 103 Å². The van der Waals surface area contributed by atoms with E-state index in [1.807, 2.05) is 112 Å². The summed E-state index contributed by atoms with van der Waals surface area (Å²) in [5, 5.41) is 29.3. The minimum atomic E-state index is -2.04. The van der Waals surface area contributed by atoms with Gasteiger partial charge in [-0.2, -0.15) is 0 Å². The van der Waals surface area contributed by atoms with Crippen LogP contribution in [-0.4, -0.2) is 64.5 Å². The zero-order valence-electron chi connectivity index (χ0n) is 28.9. The smallest absolute Gasteiger partial charge is 0.407 e. The maximum absolute atomic E-state index is 14.3. The fourth-order valence-electron chi connectivity index (χ4n) is 6.38. The second kappa shape index (κ2) is 15.6. The van der Waals surface area contributed by atoms with E-state index in [0.29, 0.717) is 17.0 Å². The number of methoxy groups -OCH3 is 1. The Bertz CT molecular complexity index is 1760. The van der Waals surface area contributed by atoms with Crippen LogP contribution < -0.4 is 21.1 Å². The number of quaternary nitrogens is 1. The lowest BCUT2D eigenvalue weighted by Gasteiger charge is -2.34. The maximum Gasteiger partial charge on any atom is 0.407 e. The molecular formula is C39H46N5O6+. The molecule has 1 unspecified atom stereocenters. The molecule has 0 saturated carbocycles. The lowest BCUT2D eigenvalue weighted by Crippen LogP contribution is -3.20. The Kier molecular flexibility index (Phi) is 11.3. The van der Waals surface area contributed by atoms with Gasteiger partial charge < -0.3 is 25.6 Å². The molecule has 5 atom stereocenters. The van der Waals surface area contributed by atoms with E-state index in [4.69, 9.17) is 4.74 Å². The van der Waals surface area contributed by atoms with Gasteiger partial charge in [0.1, 0.15) is 19.1 Å². The number of fused-ring (bicyclic) bond motifs is 1. The Balaban J connectivity index is 1.48. The Morgan fingerprint density at radius 2 is 1.62 bits per heavy atom. The molecule has 0 fully saturated rings. The SMILES string of the molecule is COC(=O)N[C@H](C(=O)N[NH+](Cc1ccc(-c2cccnc2)cc1)C[C@@](O)(Cc1ccccc1)C(=O)N[C@H]1c2ccccc2C[C@H]1O)C(C)(C)C. The van der Waals surface area contributed by atoms with Gasteiger partial charge in [-0.3, -0.25) is 14.6 Å². The van der Waals surface area contributed by atoms with Gasteiger partial charge in [-0.25, -0.2) is 15.2 Å². The topological polar surface area (TPSA) is 154 Å².